The van der Waals surface area contributed by atoms with E-state index in [0.717, 1.165) is 23.6 Å². The molecule has 4 rings (SSSR count). The summed E-state index contributed by atoms with van der Waals surface area (Å²) >= 11 is 7.76. The molecule has 5 nitrogen and oxygen atoms in total. The summed E-state index contributed by atoms with van der Waals surface area (Å²) in [7, 11) is 0. The molecule has 0 aliphatic carbocycles. The Labute approximate surface area is 198 Å². The van der Waals surface area contributed by atoms with E-state index in [1.54, 1.807) is 24.3 Å². The molecule has 1 saturated heterocycles. The summed E-state index contributed by atoms with van der Waals surface area (Å²) in [5.41, 5.74) is 1.22. The molecule has 30 heavy (non-hydrogen) atoms. The lowest BCUT2D eigenvalue weighted by molar-refractivity contribution is -0.180. The summed E-state index contributed by atoms with van der Waals surface area (Å²) < 4.78 is 14.7. The molecule has 3 heterocycles. The highest BCUT2D eigenvalue weighted by atomic mass is 35.5. The fourth-order valence-corrected chi connectivity index (χ4v) is 4.24. The summed E-state index contributed by atoms with van der Waals surface area (Å²) in [4.78, 5) is 9.39. The second kappa shape index (κ2) is 11.9. The first-order valence-corrected chi connectivity index (χ1v) is 10.6. The van der Waals surface area contributed by atoms with Crippen molar-refractivity contribution in [3.8, 4) is 0 Å². The average molecular weight is 489 g/mol. The molecule has 0 amide bonds. The van der Waals surface area contributed by atoms with Gasteiger partial charge >= 0.3 is 0 Å². The smallest absolute Gasteiger partial charge is 0.187 e. The standard InChI is InChI=1S/C21H22ClN3O2S.2ClH/c22-18-3-1-17(2-4-18)5-8-21(15-25-12-11-24-16-25)26-13-19(27-21)14-28-20-6-9-23-10-7-20;;/h1-4,6-7,9-12,16,19H,5,8,13-15H2;2*1H/t19-,21+;;/m0../s1. The van der Waals surface area contributed by atoms with Gasteiger partial charge in [-0.2, -0.15) is 0 Å². The van der Waals surface area contributed by atoms with Crippen LogP contribution in [0, 0.1) is 0 Å². The third kappa shape index (κ3) is 6.87. The van der Waals surface area contributed by atoms with Crippen molar-refractivity contribution < 1.29 is 9.47 Å². The first-order valence-electron chi connectivity index (χ1n) is 9.26. The maximum Gasteiger partial charge on any atom is 0.187 e. The lowest BCUT2D eigenvalue weighted by Gasteiger charge is -2.28. The van der Waals surface area contributed by atoms with Gasteiger partial charge in [-0.25, -0.2) is 4.98 Å². The molecule has 0 radical (unpaired) electrons. The van der Waals surface area contributed by atoms with E-state index >= 15 is 0 Å². The van der Waals surface area contributed by atoms with Crippen LogP contribution in [-0.2, 0) is 22.4 Å². The van der Waals surface area contributed by atoms with Gasteiger partial charge in [-0.15, -0.1) is 36.6 Å². The normalized spacial score (nSPS) is 20.4. The number of rotatable bonds is 8. The van der Waals surface area contributed by atoms with Gasteiger partial charge in [0.25, 0.3) is 0 Å². The second-order valence-corrected chi connectivity index (χ2v) is 8.35. The first kappa shape index (κ1) is 25.0. The molecule has 0 bridgehead atoms. The van der Waals surface area contributed by atoms with E-state index in [9.17, 15) is 0 Å². The summed E-state index contributed by atoms with van der Waals surface area (Å²) in [6, 6.07) is 12.0. The van der Waals surface area contributed by atoms with Crippen LogP contribution in [0.2, 0.25) is 5.02 Å². The molecule has 1 aromatic carbocycles. The molecule has 3 aromatic rings. The van der Waals surface area contributed by atoms with Crippen LogP contribution in [-0.4, -0.2) is 38.8 Å². The van der Waals surface area contributed by atoms with Gasteiger partial charge in [0.2, 0.25) is 0 Å². The quantitative estimate of drug-likeness (QED) is 0.402. The van der Waals surface area contributed by atoms with E-state index < -0.39 is 5.79 Å². The lowest BCUT2D eigenvalue weighted by Crippen LogP contribution is -2.37. The SMILES string of the molecule is Cl.Cl.Clc1ccc(CC[C@@]2(Cn3ccnc3)OC[C@@H](CSc3ccncc3)O2)cc1. The molecular formula is C21H24Cl3N3O2S. The van der Waals surface area contributed by atoms with Crippen molar-refractivity contribution in [2.24, 2.45) is 0 Å². The molecule has 0 spiro atoms. The average Bonchev–Trinajstić information content (AvgIpc) is 3.38. The van der Waals surface area contributed by atoms with E-state index in [1.165, 1.54) is 10.5 Å². The van der Waals surface area contributed by atoms with Crippen molar-refractivity contribution >= 4 is 48.2 Å². The summed E-state index contributed by atoms with van der Waals surface area (Å²) in [5.74, 6) is 0.195. The lowest BCUT2D eigenvalue weighted by atomic mass is 10.0. The molecule has 1 fully saturated rings. The third-order valence-electron chi connectivity index (χ3n) is 4.69. The number of nitrogens with zero attached hydrogens (tertiary/aromatic N) is 3. The van der Waals surface area contributed by atoms with Gasteiger partial charge in [0.05, 0.1) is 25.6 Å². The van der Waals surface area contributed by atoms with E-state index in [2.05, 4.69) is 22.1 Å². The van der Waals surface area contributed by atoms with Crippen molar-refractivity contribution in [3.63, 3.8) is 0 Å². The van der Waals surface area contributed by atoms with Crippen molar-refractivity contribution in [2.75, 3.05) is 12.4 Å². The molecular weight excluding hydrogens is 465 g/mol. The molecule has 2 atom stereocenters. The number of benzene rings is 1. The van der Waals surface area contributed by atoms with Crippen LogP contribution in [0.25, 0.3) is 0 Å². The van der Waals surface area contributed by atoms with Crippen LogP contribution in [0.3, 0.4) is 0 Å². The zero-order valence-electron chi connectivity index (χ0n) is 16.2. The number of halogens is 3. The maximum atomic E-state index is 6.46. The zero-order valence-corrected chi connectivity index (χ0v) is 19.4. The Kier molecular flexibility index (Phi) is 9.94. The molecule has 1 aliphatic rings. The number of hydrogen-bond donors (Lipinski definition) is 0. The minimum Gasteiger partial charge on any atom is -0.345 e. The number of hydrogen-bond acceptors (Lipinski definition) is 5. The number of aromatic nitrogens is 3. The molecule has 1 aliphatic heterocycles. The summed E-state index contributed by atoms with van der Waals surface area (Å²) in [6.45, 7) is 1.21. The van der Waals surface area contributed by atoms with E-state index in [0.29, 0.717) is 13.2 Å². The number of aryl methyl sites for hydroxylation is 1. The van der Waals surface area contributed by atoms with Crippen molar-refractivity contribution in [2.45, 2.75) is 36.2 Å². The topological polar surface area (TPSA) is 49.2 Å². The molecule has 0 saturated carbocycles. The Morgan fingerprint density at radius 1 is 1.07 bits per heavy atom. The van der Waals surface area contributed by atoms with Crippen molar-refractivity contribution in [1.29, 1.82) is 0 Å². The summed E-state index contributed by atoms with van der Waals surface area (Å²) in [6.07, 6.45) is 10.8. The highest BCUT2D eigenvalue weighted by Crippen LogP contribution is 2.33. The van der Waals surface area contributed by atoms with E-state index in [4.69, 9.17) is 21.1 Å². The minimum atomic E-state index is -0.649. The van der Waals surface area contributed by atoms with Gasteiger partial charge in [0.1, 0.15) is 0 Å². The number of thioether (sulfide) groups is 1. The van der Waals surface area contributed by atoms with Crippen LogP contribution in [0.5, 0.6) is 0 Å². The van der Waals surface area contributed by atoms with Gasteiger partial charge < -0.3 is 14.0 Å². The predicted molar refractivity (Wildman–Crippen MR) is 125 cm³/mol. The zero-order chi connectivity index (χ0) is 19.2. The van der Waals surface area contributed by atoms with E-state index in [-0.39, 0.29) is 30.9 Å². The molecule has 0 N–H and O–H groups in total. The van der Waals surface area contributed by atoms with Crippen LogP contribution in [0.1, 0.15) is 12.0 Å². The Hall–Kier alpha value is -1.28. The Morgan fingerprint density at radius 2 is 1.83 bits per heavy atom. The molecule has 2 aromatic heterocycles. The predicted octanol–water partition coefficient (Wildman–Crippen LogP) is 5.31. The Balaban J connectivity index is 0.00000160. The monoisotopic (exact) mass is 487 g/mol. The number of imidazole rings is 1. The molecule has 9 heteroatoms. The third-order valence-corrected chi connectivity index (χ3v) is 6.09. The van der Waals surface area contributed by atoms with Gasteiger partial charge in [-0.05, 0) is 36.2 Å². The summed E-state index contributed by atoms with van der Waals surface area (Å²) in [5, 5.41) is 0.749. The van der Waals surface area contributed by atoms with Crippen LogP contribution < -0.4 is 0 Å². The first-order chi connectivity index (χ1) is 13.7. The van der Waals surface area contributed by atoms with Crippen LogP contribution in [0.15, 0.2) is 72.4 Å². The minimum absolute atomic E-state index is 0. The fraction of sp³-hybridized carbons (Fsp3) is 0.333. The second-order valence-electron chi connectivity index (χ2n) is 6.82. The molecule has 0 unspecified atom stereocenters. The Morgan fingerprint density at radius 3 is 2.53 bits per heavy atom. The molecule has 162 valence electrons. The fourth-order valence-electron chi connectivity index (χ4n) is 3.26. The Bertz CT molecular complexity index is 869. The van der Waals surface area contributed by atoms with Crippen LogP contribution in [0.4, 0.5) is 0 Å². The largest absolute Gasteiger partial charge is 0.345 e. The number of pyridine rings is 1. The van der Waals surface area contributed by atoms with Crippen molar-refractivity contribution in [1.82, 2.24) is 14.5 Å². The highest BCUT2D eigenvalue weighted by Gasteiger charge is 2.41. The van der Waals surface area contributed by atoms with Crippen LogP contribution >= 0.6 is 48.2 Å². The highest BCUT2D eigenvalue weighted by molar-refractivity contribution is 7.99. The maximum absolute atomic E-state index is 6.46. The van der Waals surface area contributed by atoms with Gasteiger partial charge in [0.15, 0.2) is 5.79 Å². The van der Waals surface area contributed by atoms with Gasteiger partial charge in [-0.3, -0.25) is 4.98 Å². The number of ether oxygens (including phenoxy) is 2. The van der Waals surface area contributed by atoms with E-state index in [1.807, 2.05) is 47.4 Å². The van der Waals surface area contributed by atoms with Gasteiger partial charge in [0, 0.05) is 46.9 Å². The van der Waals surface area contributed by atoms with Crippen molar-refractivity contribution in [3.05, 3.63) is 78.1 Å². The van der Waals surface area contributed by atoms with Gasteiger partial charge in [-0.1, -0.05) is 23.7 Å².